The molecule has 7 atom stereocenters. The minimum absolute atomic E-state index is 0.0777. The zero-order valence-electron chi connectivity index (χ0n) is 50.5. The topological polar surface area (TPSA) is 17.1 Å². The standard InChI is InChI=1S/C82H73OP/c1-77(2)59-32-20-17-23-44(59)53-35-38-56-68-50-29-14-11-26-47(50)65(41-62(68)80(7,8)74(56)71(53)77)84(83)66-42-63-69(51-30-15-12-27-48(51)66)57-39-36-54-45-24-18-21-33-60(45)78(3,4)72(54)75(57)81(63,9)82(10)64-43-67(84)49-28-13-16-31-52(49)70(64)58-40-37-55-46-25-19-22-34-61(46)79(5,6)73(55)76(58)82/h11-15,17,19-20,22-30,32-35,37-38,40-43,54,56,72,74H,16,18,21,31,36,39H2,1-10H3. The SMILES string of the molecule is CC1(C)C2=C(C=CC3c4c(cc(P5(=O)c6cc7c(c8c6C=CCC8)-c6ccc8c(c6C7(C)C6(C)C7=C(CCC9C%10=CCCC=C%10C(C)(C)C79)c7c6cc5c5ccccc75)C(C)(C)c5ccccc5-8)c5ccccc45)C(C)(C)C23)c2ccccc21. The number of benzene rings is 8. The zero-order chi connectivity index (χ0) is 56.9. The van der Waals surface area contributed by atoms with E-state index in [1.165, 1.54) is 105 Å². The highest BCUT2D eigenvalue weighted by atomic mass is 31.2. The molecular weight excluding hydrogens is 1030 g/mol. The first-order valence-electron chi connectivity index (χ1n) is 31.9. The third kappa shape index (κ3) is 5.19. The van der Waals surface area contributed by atoms with Crippen molar-refractivity contribution in [2.45, 2.75) is 141 Å². The van der Waals surface area contributed by atoms with Crippen molar-refractivity contribution in [2.24, 2.45) is 23.2 Å². The summed E-state index contributed by atoms with van der Waals surface area (Å²) >= 11 is 0. The molecule has 1 nitrogen and oxygen atoms in total. The average molecular weight is 1110 g/mol. The molecule has 84 heavy (non-hydrogen) atoms. The van der Waals surface area contributed by atoms with Crippen molar-refractivity contribution in [2.75, 3.05) is 0 Å². The number of fused-ring (bicyclic) bond motifs is 20. The Hall–Kier alpha value is -7.05. The third-order valence-electron chi connectivity index (χ3n) is 25.4. The molecule has 2 heteroatoms. The van der Waals surface area contributed by atoms with Gasteiger partial charge in [0.15, 0.2) is 7.14 Å². The van der Waals surface area contributed by atoms with Gasteiger partial charge in [-0.2, -0.15) is 0 Å². The lowest BCUT2D eigenvalue weighted by Gasteiger charge is -2.52. The van der Waals surface area contributed by atoms with Gasteiger partial charge in [-0.3, -0.25) is 0 Å². The van der Waals surface area contributed by atoms with Crippen molar-refractivity contribution in [3.8, 4) is 22.3 Å². The first kappa shape index (κ1) is 49.2. The van der Waals surface area contributed by atoms with Crippen LogP contribution in [0.1, 0.15) is 174 Å². The van der Waals surface area contributed by atoms with Gasteiger partial charge in [-0.25, -0.2) is 0 Å². The molecule has 0 N–H and O–H groups in total. The summed E-state index contributed by atoms with van der Waals surface area (Å²) in [5.74, 6) is 1.18. The Morgan fingerprint density at radius 1 is 0.488 bits per heavy atom. The minimum Gasteiger partial charge on any atom is -0.309 e. The molecule has 0 radical (unpaired) electrons. The van der Waals surface area contributed by atoms with Gasteiger partial charge in [0.25, 0.3) is 0 Å². The van der Waals surface area contributed by atoms with Crippen LogP contribution in [-0.4, -0.2) is 0 Å². The van der Waals surface area contributed by atoms with Crippen LogP contribution in [0.4, 0.5) is 0 Å². The highest BCUT2D eigenvalue weighted by Crippen LogP contribution is 2.76. The van der Waals surface area contributed by atoms with Crippen LogP contribution in [0.2, 0.25) is 0 Å². The van der Waals surface area contributed by atoms with E-state index in [2.05, 4.69) is 233 Å². The molecule has 1 heterocycles. The minimum atomic E-state index is -3.88. The molecule has 8 aromatic rings. The van der Waals surface area contributed by atoms with Gasteiger partial charge in [0.2, 0.25) is 0 Å². The molecule has 412 valence electrons. The second-order valence-electron chi connectivity index (χ2n) is 30.0. The van der Waals surface area contributed by atoms with E-state index in [-0.39, 0.29) is 33.5 Å². The lowest BCUT2D eigenvalue weighted by atomic mass is 9.50. The van der Waals surface area contributed by atoms with Gasteiger partial charge in [-0.1, -0.05) is 220 Å². The highest BCUT2D eigenvalue weighted by Gasteiger charge is 2.67. The van der Waals surface area contributed by atoms with E-state index in [0.717, 1.165) is 65.2 Å². The monoisotopic (exact) mass is 1100 g/mol. The Balaban J connectivity index is 0.974. The summed E-state index contributed by atoms with van der Waals surface area (Å²) in [6.07, 6.45) is 21.5. The van der Waals surface area contributed by atoms with E-state index in [4.69, 9.17) is 0 Å². The first-order chi connectivity index (χ1) is 40.4. The zero-order valence-corrected chi connectivity index (χ0v) is 51.4. The van der Waals surface area contributed by atoms with E-state index in [9.17, 15) is 0 Å². The van der Waals surface area contributed by atoms with Gasteiger partial charge < -0.3 is 4.57 Å². The van der Waals surface area contributed by atoms with Crippen LogP contribution in [0.5, 0.6) is 0 Å². The molecule has 1 fully saturated rings. The molecule has 11 aliphatic rings. The summed E-state index contributed by atoms with van der Waals surface area (Å²) in [4.78, 5) is 0. The normalized spacial score (nSPS) is 29.3. The summed E-state index contributed by atoms with van der Waals surface area (Å²) in [6, 6.07) is 50.0. The first-order valence-corrected chi connectivity index (χ1v) is 33.7. The Labute approximate surface area is 496 Å². The molecule has 0 aromatic heterocycles. The molecule has 1 saturated carbocycles. The van der Waals surface area contributed by atoms with Crippen LogP contribution in [-0.2, 0) is 38.1 Å². The van der Waals surface area contributed by atoms with Crippen LogP contribution in [0.25, 0.3) is 61.0 Å². The summed E-state index contributed by atoms with van der Waals surface area (Å²) in [6.45, 7) is 25.8. The summed E-state index contributed by atoms with van der Waals surface area (Å²) in [7, 11) is -3.88. The van der Waals surface area contributed by atoms with Crippen molar-refractivity contribution in [1.82, 2.24) is 0 Å². The van der Waals surface area contributed by atoms with E-state index < -0.39 is 18.0 Å². The Bertz CT molecular complexity index is 4810. The smallest absolute Gasteiger partial charge is 0.172 e. The maximum Gasteiger partial charge on any atom is 0.172 e. The summed E-state index contributed by atoms with van der Waals surface area (Å²) in [5, 5.41) is 7.90. The average Bonchev–Trinajstić information content (AvgIpc) is 1.47. The molecule has 0 spiro atoms. The van der Waals surface area contributed by atoms with E-state index in [1.807, 2.05) is 0 Å². The largest absolute Gasteiger partial charge is 0.309 e. The van der Waals surface area contributed by atoms with Crippen LogP contribution in [0, 0.1) is 23.2 Å². The van der Waals surface area contributed by atoms with Crippen LogP contribution in [0.3, 0.4) is 0 Å². The predicted octanol–water partition coefficient (Wildman–Crippen LogP) is 19.2. The number of allylic oxidation sites excluding steroid dienone is 11. The van der Waals surface area contributed by atoms with E-state index in [1.54, 1.807) is 27.9 Å². The maximum atomic E-state index is 19.5. The molecule has 19 rings (SSSR count). The van der Waals surface area contributed by atoms with Gasteiger partial charge in [0.1, 0.15) is 0 Å². The lowest BCUT2D eigenvalue weighted by Crippen LogP contribution is -2.50. The Morgan fingerprint density at radius 3 is 1.89 bits per heavy atom. The second kappa shape index (κ2) is 15.3. The molecule has 8 bridgehead atoms. The second-order valence-corrected chi connectivity index (χ2v) is 32.7. The molecular formula is C82H73OP. The lowest BCUT2D eigenvalue weighted by molar-refractivity contribution is 0.224. The van der Waals surface area contributed by atoms with Crippen molar-refractivity contribution in [3.05, 3.63) is 247 Å². The van der Waals surface area contributed by atoms with Crippen LogP contribution < -0.4 is 15.9 Å². The number of hydrogen-bond acceptors (Lipinski definition) is 1. The molecule has 8 aromatic carbocycles. The van der Waals surface area contributed by atoms with Crippen molar-refractivity contribution in [1.29, 1.82) is 0 Å². The van der Waals surface area contributed by atoms with Crippen molar-refractivity contribution >= 4 is 61.8 Å². The van der Waals surface area contributed by atoms with Gasteiger partial charge in [-0.15, -0.1) is 0 Å². The predicted molar refractivity (Wildman–Crippen MR) is 352 cm³/mol. The number of hydrogen-bond donors (Lipinski definition) is 0. The molecule has 0 saturated heterocycles. The third-order valence-corrected chi connectivity index (χ3v) is 28.6. The van der Waals surface area contributed by atoms with Crippen molar-refractivity contribution in [3.63, 3.8) is 0 Å². The van der Waals surface area contributed by atoms with Crippen LogP contribution >= 0.6 is 7.14 Å². The highest BCUT2D eigenvalue weighted by molar-refractivity contribution is 7.86. The Morgan fingerprint density at radius 2 is 1.12 bits per heavy atom. The fraction of sp³-hybridized carbons (Fsp3) is 0.317. The van der Waals surface area contributed by atoms with Crippen LogP contribution in [0.15, 0.2) is 180 Å². The summed E-state index contributed by atoms with van der Waals surface area (Å²) in [5.41, 5.74) is 30.1. The molecule has 10 aliphatic carbocycles. The van der Waals surface area contributed by atoms with Gasteiger partial charge in [0.05, 0.1) is 0 Å². The van der Waals surface area contributed by atoms with Crippen molar-refractivity contribution < 1.29 is 4.57 Å². The molecule has 0 amide bonds. The van der Waals surface area contributed by atoms with Gasteiger partial charge in [-0.05, 0) is 218 Å². The quantitative estimate of drug-likeness (QED) is 0.150. The maximum absolute atomic E-state index is 19.5. The fourth-order valence-electron chi connectivity index (χ4n) is 22.0. The molecule has 7 unspecified atom stereocenters. The number of rotatable bonds is 1. The van der Waals surface area contributed by atoms with Gasteiger partial charge >= 0.3 is 0 Å². The molecule has 1 aliphatic heterocycles. The van der Waals surface area contributed by atoms with E-state index in [0.29, 0.717) is 11.8 Å². The summed E-state index contributed by atoms with van der Waals surface area (Å²) < 4.78 is 19.5. The fourth-order valence-corrected chi connectivity index (χ4v) is 25.4. The Kier molecular flexibility index (Phi) is 8.97. The van der Waals surface area contributed by atoms with E-state index >= 15 is 4.57 Å². The van der Waals surface area contributed by atoms with Gasteiger partial charge in [0, 0.05) is 49.4 Å².